The number of nitrogens with one attached hydrogen (secondary N) is 3. The molecule has 0 aliphatic carbocycles. The number of rotatable bonds is 5. The van der Waals surface area contributed by atoms with Crippen molar-refractivity contribution in [2.24, 2.45) is 0 Å². The summed E-state index contributed by atoms with van der Waals surface area (Å²) in [6.45, 7) is 0. The minimum Gasteiger partial charge on any atom is -0.332 e. The van der Waals surface area contributed by atoms with Crippen molar-refractivity contribution in [2.45, 2.75) is 6.42 Å². The molecule has 30 heavy (non-hydrogen) atoms. The zero-order chi connectivity index (χ0) is 21.5. The van der Waals surface area contributed by atoms with Crippen molar-refractivity contribution in [3.63, 3.8) is 0 Å². The number of carbonyl (C=O) groups is 2. The largest absolute Gasteiger partial charge is 0.332 e. The van der Waals surface area contributed by atoms with E-state index in [4.69, 9.17) is 23.8 Å². The average molecular weight is 442 g/mol. The van der Waals surface area contributed by atoms with Gasteiger partial charge in [0.25, 0.3) is 5.91 Å². The van der Waals surface area contributed by atoms with Gasteiger partial charge in [0.15, 0.2) is 5.11 Å². The van der Waals surface area contributed by atoms with Crippen LogP contribution in [0.2, 0.25) is 5.02 Å². The lowest BCUT2D eigenvalue weighted by atomic mass is 10.1. The third kappa shape index (κ3) is 6.37. The molecule has 3 aromatic rings. The molecule has 0 aliphatic heterocycles. The summed E-state index contributed by atoms with van der Waals surface area (Å²) in [6, 6.07) is 19.0. The summed E-state index contributed by atoms with van der Waals surface area (Å²) in [5.41, 5.74) is 2.20. The Labute approximate surface area is 183 Å². The van der Waals surface area contributed by atoms with Crippen molar-refractivity contribution in [2.75, 3.05) is 10.6 Å². The van der Waals surface area contributed by atoms with E-state index in [1.54, 1.807) is 48.5 Å². The highest BCUT2D eigenvalue weighted by Gasteiger charge is 2.10. The molecule has 0 spiro atoms. The Balaban J connectivity index is 1.56. The van der Waals surface area contributed by atoms with Gasteiger partial charge < -0.3 is 16.0 Å². The van der Waals surface area contributed by atoms with Crippen molar-refractivity contribution >= 4 is 52.1 Å². The molecule has 5 nitrogen and oxygen atoms in total. The lowest BCUT2D eigenvalue weighted by Crippen LogP contribution is -2.35. The smallest absolute Gasteiger partial charge is 0.255 e. The molecule has 0 saturated carbocycles. The third-order valence-corrected chi connectivity index (χ3v) is 4.47. The standard InChI is InChI=1S/C22H17ClFN3O2S/c23-16-6-4-14(5-7-16)12-20(28)27-22(30)26-19-3-1-2-15(13-19)21(29)25-18-10-8-17(24)9-11-18/h1-11,13H,12H2,(H,25,29)(H2,26,27,28,30). The maximum absolute atomic E-state index is 13.0. The van der Waals surface area contributed by atoms with Gasteiger partial charge >= 0.3 is 0 Å². The molecule has 0 heterocycles. The van der Waals surface area contributed by atoms with Crippen LogP contribution in [-0.4, -0.2) is 16.9 Å². The lowest BCUT2D eigenvalue weighted by Gasteiger charge is -2.11. The Hall–Kier alpha value is -3.29. The SMILES string of the molecule is O=C(Cc1ccc(Cl)cc1)NC(=S)Nc1cccc(C(=O)Nc2ccc(F)cc2)c1. The topological polar surface area (TPSA) is 70.2 Å². The Morgan fingerprint density at radius 2 is 1.60 bits per heavy atom. The maximum Gasteiger partial charge on any atom is 0.255 e. The zero-order valence-electron chi connectivity index (χ0n) is 15.6. The van der Waals surface area contributed by atoms with Crippen LogP contribution in [0.1, 0.15) is 15.9 Å². The molecular formula is C22H17ClFN3O2S. The number of anilines is 2. The molecule has 0 aromatic heterocycles. The minimum atomic E-state index is -0.384. The molecule has 3 N–H and O–H groups in total. The average Bonchev–Trinajstić information content (AvgIpc) is 2.71. The van der Waals surface area contributed by atoms with Crippen LogP contribution in [0.4, 0.5) is 15.8 Å². The van der Waals surface area contributed by atoms with E-state index < -0.39 is 0 Å². The first kappa shape index (κ1) is 21.4. The molecule has 0 bridgehead atoms. The number of benzene rings is 3. The summed E-state index contributed by atoms with van der Waals surface area (Å²) < 4.78 is 13.0. The van der Waals surface area contributed by atoms with Crippen molar-refractivity contribution in [1.82, 2.24) is 5.32 Å². The highest BCUT2D eigenvalue weighted by atomic mass is 35.5. The summed E-state index contributed by atoms with van der Waals surface area (Å²) >= 11 is 11.0. The molecule has 2 amide bonds. The Kier molecular flexibility index (Phi) is 7.11. The van der Waals surface area contributed by atoms with Crippen LogP contribution in [0.25, 0.3) is 0 Å². The summed E-state index contributed by atoms with van der Waals surface area (Å²) in [5.74, 6) is -1.02. The molecule has 0 radical (unpaired) electrons. The van der Waals surface area contributed by atoms with Crippen LogP contribution in [0.5, 0.6) is 0 Å². The fourth-order valence-corrected chi connectivity index (χ4v) is 2.95. The van der Waals surface area contributed by atoms with Gasteiger partial charge in [0.2, 0.25) is 5.91 Å². The predicted octanol–water partition coefficient (Wildman–Crippen LogP) is 4.79. The number of hydrogen-bond acceptors (Lipinski definition) is 3. The quantitative estimate of drug-likeness (QED) is 0.498. The second-order valence-corrected chi connectivity index (χ2v) is 7.19. The van der Waals surface area contributed by atoms with E-state index in [0.29, 0.717) is 22.0 Å². The van der Waals surface area contributed by atoms with Crippen molar-refractivity contribution < 1.29 is 14.0 Å². The van der Waals surface area contributed by atoms with Crippen LogP contribution in [0.15, 0.2) is 72.8 Å². The molecule has 0 atom stereocenters. The third-order valence-electron chi connectivity index (χ3n) is 4.02. The molecular weight excluding hydrogens is 425 g/mol. The summed E-state index contributed by atoms with van der Waals surface area (Å²) in [5, 5.41) is 8.88. The van der Waals surface area contributed by atoms with Crippen LogP contribution >= 0.6 is 23.8 Å². The number of halogens is 2. The van der Waals surface area contributed by atoms with Gasteiger partial charge in [-0.15, -0.1) is 0 Å². The highest BCUT2D eigenvalue weighted by Crippen LogP contribution is 2.14. The summed E-state index contributed by atoms with van der Waals surface area (Å²) in [4.78, 5) is 24.5. The van der Waals surface area contributed by atoms with E-state index in [1.165, 1.54) is 24.3 Å². The van der Waals surface area contributed by atoms with Gasteiger partial charge in [-0.05, 0) is 72.4 Å². The van der Waals surface area contributed by atoms with Crippen LogP contribution in [-0.2, 0) is 11.2 Å². The predicted molar refractivity (Wildman–Crippen MR) is 120 cm³/mol. The molecule has 8 heteroatoms. The van der Waals surface area contributed by atoms with E-state index in [2.05, 4.69) is 16.0 Å². The zero-order valence-corrected chi connectivity index (χ0v) is 17.2. The molecule has 0 saturated heterocycles. The molecule has 3 rings (SSSR count). The first-order chi connectivity index (χ1) is 14.4. The van der Waals surface area contributed by atoms with Crippen molar-refractivity contribution in [3.05, 3.63) is 94.8 Å². The van der Waals surface area contributed by atoms with Crippen LogP contribution in [0.3, 0.4) is 0 Å². The lowest BCUT2D eigenvalue weighted by molar-refractivity contribution is -0.119. The Morgan fingerprint density at radius 1 is 0.900 bits per heavy atom. The fraction of sp³-hybridized carbons (Fsp3) is 0.0455. The summed E-state index contributed by atoms with van der Waals surface area (Å²) in [6.07, 6.45) is 0.152. The molecule has 0 fully saturated rings. The van der Waals surface area contributed by atoms with Gasteiger partial charge in [0.1, 0.15) is 5.82 Å². The first-order valence-electron chi connectivity index (χ1n) is 8.91. The van der Waals surface area contributed by atoms with E-state index in [9.17, 15) is 14.0 Å². The number of carbonyl (C=O) groups excluding carboxylic acids is 2. The van der Waals surface area contributed by atoms with E-state index in [-0.39, 0.29) is 29.2 Å². The van der Waals surface area contributed by atoms with Gasteiger partial charge in [0, 0.05) is 22.0 Å². The highest BCUT2D eigenvalue weighted by molar-refractivity contribution is 7.80. The molecule has 152 valence electrons. The van der Waals surface area contributed by atoms with Gasteiger partial charge in [0.05, 0.1) is 6.42 Å². The minimum absolute atomic E-state index is 0.116. The van der Waals surface area contributed by atoms with Crippen LogP contribution in [0, 0.1) is 5.82 Å². The van der Waals surface area contributed by atoms with Crippen LogP contribution < -0.4 is 16.0 Å². The van der Waals surface area contributed by atoms with Gasteiger partial charge in [-0.25, -0.2) is 4.39 Å². The normalized spacial score (nSPS) is 10.2. The summed E-state index contributed by atoms with van der Waals surface area (Å²) in [7, 11) is 0. The molecule has 3 aromatic carbocycles. The van der Waals surface area contributed by atoms with Crippen molar-refractivity contribution in [1.29, 1.82) is 0 Å². The number of amides is 2. The Bertz CT molecular complexity index is 1070. The second kappa shape index (κ2) is 9.96. The van der Waals surface area contributed by atoms with E-state index in [0.717, 1.165) is 5.56 Å². The van der Waals surface area contributed by atoms with E-state index in [1.807, 2.05) is 0 Å². The monoisotopic (exact) mass is 441 g/mol. The molecule has 0 unspecified atom stereocenters. The number of hydrogen-bond donors (Lipinski definition) is 3. The van der Waals surface area contributed by atoms with Gasteiger partial charge in [-0.3, -0.25) is 9.59 Å². The van der Waals surface area contributed by atoms with Crippen molar-refractivity contribution in [3.8, 4) is 0 Å². The first-order valence-corrected chi connectivity index (χ1v) is 9.70. The van der Waals surface area contributed by atoms with Gasteiger partial charge in [-0.2, -0.15) is 0 Å². The Morgan fingerprint density at radius 3 is 2.30 bits per heavy atom. The number of thiocarbonyl (C=S) groups is 1. The molecule has 0 aliphatic rings. The fourth-order valence-electron chi connectivity index (χ4n) is 2.60. The maximum atomic E-state index is 13.0. The van der Waals surface area contributed by atoms with E-state index >= 15 is 0 Å². The van der Waals surface area contributed by atoms with Gasteiger partial charge in [-0.1, -0.05) is 29.8 Å². The second-order valence-electron chi connectivity index (χ2n) is 6.35.